The van der Waals surface area contributed by atoms with E-state index in [1.807, 2.05) is 17.0 Å². The van der Waals surface area contributed by atoms with Gasteiger partial charge in [-0.25, -0.2) is 13.4 Å². The number of anilines is 1. The lowest BCUT2D eigenvalue weighted by atomic mass is 10.1. The standard InChI is InChI=1S/C25H34N4O4S/c1-5-15-29(24-16-18(3)27-28(24)4)25(31)20-9-11-21(12-10-20)26-23(30)17-19-7-13-22(14-8-19)34(32,33)6-2/h7-14,18,24,27H,5-6,15-17H2,1-4H3,(H,26,30). The molecular weight excluding hydrogens is 452 g/mol. The maximum atomic E-state index is 13.2. The first kappa shape index (κ1) is 25.9. The number of carbonyl (C=O) groups excluding carboxylic acids is 2. The van der Waals surface area contributed by atoms with Crippen LogP contribution in [0.15, 0.2) is 53.4 Å². The molecule has 2 N–H and O–H groups in total. The lowest BCUT2D eigenvalue weighted by Gasteiger charge is -2.32. The molecule has 184 valence electrons. The van der Waals surface area contributed by atoms with Gasteiger partial charge in [-0.15, -0.1) is 0 Å². The van der Waals surface area contributed by atoms with Crippen molar-refractivity contribution >= 4 is 27.3 Å². The van der Waals surface area contributed by atoms with Crippen LogP contribution in [0.5, 0.6) is 0 Å². The number of benzene rings is 2. The van der Waals surface area contributed by atoms with E-state index in [0.29, 0.717) is 23.8 Å². The molecule has 1 saturated heterocycles. The van der Waals surface area contributed by atoms with Crippen LogP contribution in [0.2, 0.25) is 0 Å². The van der Waals surface area contributed by atoms with Gasteiger partial charge in [0, 0.05) is 30.9 Å². The highest BCUT2D eigenvalue weighted by atomic mass is 32.2. The summed E-state index contributed by atoms with van der Waals surface area (Å²) in [4.78, 5) is 27.8. The smallest absolute Gasteiger partial charge is 0.255 e. The lowest BCUT2D eigenvalue weighted by Crippen LogP contribution is -2.49. The van der Waals surface area contributed by atoms with Gasteiger partial charge in [-0.2, -0.15) is 0 Å². The second-order valence-corrected chi connectivity index (χ2v) is 11.0. The van der Waals surface area contributed by atoms with E-state index in [1.165, 1.54) is 12.1 Å². The summed E-state index contributed by atoms with van der Waals surface area (Å²) in [6.45, 7) is 6.42. The minimum atomic E-state index is -3.26. The zero-order valence-electron chi connectivity index (χ0n) is 20.2. The van der Waals surface area contributed by atoms with Gasteiger partial charge in [0.2, 0.25) is 5.91 Å². The van der Waals surface area contributed by atoms with Crippen LogP contribution in [-0.2, 0) is 21.1 Å². The molecule has 0 saturated carbocycles. The SMILES string of the molecule is CCCN(C(=O)c1ccc(NC(=O)Cc2ccc(S(=O)(=O)CC)cc2)cc1)C1CC(C)NN1C. The number of rotatable bonds is 9. The molecule has 2 amide bonds. The Balaban J connectivity index is 1.62. The van der Waals surface area contributed by atoms with Crippen LogP contribution in [0.3, 0.4) is 0 Å². The molecule has 8 nitrogen and oxygen atoms in total. The van der Waals surface area contributed by atoms with Crippen LogP contribution in [-0.4, -0.2) is 61.7 Å². The van der Waals surface area contributed by atoms with E-state index in [9.17, 15) is 18.0 Å². The summed E-state index contributed by atoms with van der Waals surface area (Å²) in [6.07, 6.45) is 1.85. The van der Waals surface area contributed by atoms with E-state index in [0.717, 1.165) is 18.4 Å². The third-order valence-corrected chi connectivity index (χ3v) is 7.71. The van der Waals surface area contributed by atoms with Crippen molar-refractivity contribution in [2.75, 3.05) is 24.7 Å². The first-order chi connectivity index (χ1) is 16.1. The minimum absolute atomic E-state index is 0.000492. The number of nitrogens with one attached hydrogen (secondary N) is 2. The summed E-state index contributed by atoms with van der Waals surface area (Å²) in [5.74, 6) is -0.213. The van der Waals surface area contributed by atoms with Crippen molar-refractivity contribution in [1.29, 1.82) is 0 Å². The Hall–Kier alpha value is -2.75. The second-order valence-electron chi connectivity index (χ2n) is 8.71. The maximum Gasteiger partial charge on any atom is 0.255 e. The van der Waals surface area contributed by atoms with Crippen LogP contribution in [0.4, 0.5) is 5.69 Å². The summed E-state index contributed by atoms with van der Waals surface area (Å²) in [5, 5.41) is 4.83. The molecule has 1 aliphatic heterocycles. The van der Waals surface area contributed by atoms with Gasteiger partial charge in [-0.3, -0.25) is 15.0 Å². The van der Waals surface area contributed by atoms with Crippen LogP contribution >= 0.6 is 0 Å². The minimum Gasteiger partial charge on any atom is -0.326 e. The van der Waals surface area contributed by atoms with Crippen LogP contribution < -0.4 is 10.7 Å². The number of carbonyl (C=O) groups is 2. The first-order valence-electron chi connectivity index (χ1n) is 11.7. The van der Waals surface area contributed by atoms with Gasteiger partial charge in [0.05, 0.1) is 23.2 Å². The molecule has 0 aromatic heterocycles. The van der Waals surface area contributed by atoms with Gasteiger partial charge in [0.15, 0.2) is 9.84 Å². The number of hydrogen-bond donors (Lipinski definition) is 2. The quantitative estimate of drug-likeness (QED) is 0.565. The molecule has 0 bridgehead atoms. The molecule has 0 radical (unpaired) electrons. The average Bonchev–Trinajstić information content (AvgIpc) is 3.15. The predicted molar refractivity (Wildman–Crippen MR) is 133 cm³/mol. The summed E-state index contributed by atoms with van der Waals surface area (Å²) in [7, 11) is -1.30. The third-order valence-electron chi connectivity index (χ3n) is 5.96. The number of hydrogen-bond acceptors (Lipinski definition) is 6. The van der Waals surface area contributed by atoms with Gasteiger partial charge in [0.25, 0.3) is 5.91 Å². The molecule has 0 spiro atoms. The summed E-state index contributed by atoms with van der Waals surface area (Å²) in [6, 6.07) is 13.6. The van der Waals surface area contributed by atoms with Crippen molar-refractivity contribution in [3.8, 4) is 0 Å². The highest BCUT2D eigenvalue weighted by Gasteiger charge is 2.33. The number of amides is 2. The Kier molecular flexibility index (Phi) is 8.46. The van der Waals surface area contributed by atoms with Gasteiger partial charge in [-0.05, 0) is 61.7 Å². The topological polar surface area (TPSA) is 98.8 Å². The van der Waals surface area contributed by atoms with Crippen LogP contribution in [0, 0.1) is 0 Å². The summed E-state index contributed by atoms with van der Waals surface area (Å²) >= 11 is 0. The Labute approximate surface area is 202 Å². The van der Waals surface area contributed by atoms with Gasteiger partial charge in [-0.1, -0.05) is 26.0 Å². The van der Waals surface area contributed by atoms with E-state index in [-0.39, 0.29) is 35.0 Å². The molecule has 2 atom stereocenters. The van der Waals surface area contributed by atoms with E-state index < -0.39 is 9.84 Å². The zero-order valence-corrected chi connectivity index (χ0v) is 21.1. The molecule has 2 unspecified atom stereocenters. The zero-order chi connectivity index (χ0) is 24.9. The Morgan fingerprint density at radius 1 is 1.09 bits per heavy atom. The molecule has 1 heterocycles. The van der Waals surface area contributed by atoms with Crippen molar-refractivity contribution in [2.45, 2.75) is 57.1 Å². The lowest BCUT2D eigenvalue weighted by molar-refractivity contribution is -0.115. The Morgan fingerprint density at radius 2 is 1.74 bits per heavy atom. The molecule has 2 aromatic rings. The third kappa shape index (κ3) is 6.22. The Bertz CT molecular complexity index is 1100. The van der Waals surface area contributed by atoms with Crippen LogP contribution in [0.1, 0.15) is 49.5 Å². The van der Waals surface area contributed by atoms with E-state index >= 15 is 0 Å². The van der Waals surface area contributed by atoms with Crippen molar-refractivity contribution in [3.05, 3.63) is 59.7 Å². The van der Waals surface area contributed by atoms with E-state index in [1.54, 1.807) is 43.3 Å². The van der Waals surface area contributed by atoms with Crippen molar-refractivity contribution in [3.63, 3.8) is 0 Å². The summed E-state index contributed by atoms with van der Waals surface area (Å²) in [5.41, 5.74) is 5.23. The van der Waals surface area contributed by atoms with Crippen LogP contribution in [0.25, 0.3) is 0 Å². The van der Waals surface area contributed by atoms with Gasteiger partial charge in [0.1, 0.15) is 0 Å². The molecule has 3 rings (SSSR count). The molecule has 1 aliphatic rings. The van der Waals surface area contributed by atoms with Crippen molar-refractivity contribution in [2.24, 2.45) is 0 Å². The van der Waals surface area contributed by atoms with E-state index in [2.05, 4.69) is 24.6 Å². The molecule has 0 aliphatic carbocycles. The van der Waals surface area contributed by atoms with E-state index in [4.69, 9.17) is 0 Å². The molecule has 9 heteroatoms. The number of sulfone groups is 1. The first-order valence-corrected chi connectivity index (χ1v) is 13.3. The summed E-state index contributed by atoms with van der Waals surface area (Å²) < 4.78 is 23.8. The monoisotopic (exact) mass is 486 g/mol. The highest BCUT2D eigenvalue weighted by molar-refractivity contribution is 7.91. The van der Waals surface area contributed by atoms with Crippen molar-refractivity contribution in [1.82, 2.24) is 15.3 Å². The molecule has 2 aromatic carbocycles. The molecule has 34 heavy (non-hydrogen) atoms. The normalized spacial score (nSPS) is 18.6. The number of hydrazine groups is 1. The average molecular weight is 487 g/mol. The fourth-order valence-corrected chi connectivity index (χ4v) is 5.04. The Morgan fingerprint density at radius 3 is 2.26 bits per heavy atom. The fourth-order valence-electron chi connectivity index (χ4n) is 4.16. The largest absolute Gasteiger partial charge is 0.326 e. The maximum absolute atomic E-state index is 13.2. The predicted octanol–water partition coefficient (Wildman–Crippen LogP) is 3.07. The van der Waals surface area contributed by atoms with Gasteiger partial charge < -0.3 is 10.2 Å². The van der Waals surface area contributed by atoms with Crippen molar-refractivity contribution < 1.29 is 18.0 Å². The highest BCUT2D eigenvalue weighted by Crippen LogP contribution is 2.21. The molecular formula is C25H34N4O4S. The fraction of sp³-hybridized carbons (Fsp3) is 0.440. The molecule has 1 fully saturated rings. The van der Waals surface area contributed by atoms with Gasteiger partial charge >= 0.3 is 0 Å². The number of nitrogens with zero attached hydrogens (tertiary/aromatic N) is 2. The second kappa shape index (κ2) is 11.1.